The molecule has 1 aliphatic rings. The number of nitrogens with one attached hydrogen (secondary N) is 1. The van der Waals surface area contributed by atoms with Gasteiger partial charge in [0.05, 0.1) is 0 Å². The van der Waals surface area contributed by atoms with Crippen LogP contribution in [-0.2, 0) is 4.84 Å². The van der Waals surface area contributed by atoms with Crippen molar-refractivity contribution in [1.82, 2.24) is 0 Å². The van der Waals surface area contributed by atoms with Crippen molar-refractivity contribution in [3.8, 4) is 0 Å². The first-order chi connectivity index (χ1) is 7.57. The molecule has 4 heteroatoms. The molecule has 0 spiro atoms. The van der Waals surface area contributed by atoms with E-state index in [4.69, 9.17) is 10.2 Å². The fourth-order valence-electron chi connectivity index (χ4n) is 1.42. The van der Waals surface area contributed by atoms with Crippen LogP contribution in [0.5, 0.6) is 0 Å². The van der Waals surface area contributed by atoms with Gasteiger partial charge in [0.2, 0.25) is 0 Å². The van der Waals surface area contributed by atoms with Crippen LogP contribution in [-0.4, -0.2) is 15.7 Å². The topological polar surface area (TPSA) is 45.4 Å². The van der Waals surface area contributed by atoms with Gasteiger partial charge < -0.3 is 4.84 Å². The lowest BCUT2D eigenvalue weighted by Crippen LogP contribution is -2.18. The van der Waals surface area contributed by atoms with Gasteiger partial charge in [0.15, 0.2) is 0 Å². The Morgan fingerprint density at radius 1 is 1.38 bits per heavy atom. The molecular formula is C12H14N2OS. The summed E-state index contributed by atoms with van der Waals surface area (Å²) >= 11 is 1.37. The van der Waals surface area contributed by atoms with Crippen molar-refractivity contribution >= 4 is 21.8 Å². The predicted octanol–water partition coefficient (Wildman–Crippen LogP) is 3.26. The van der Waals surface area contributed by atoms with Crippen LogP contribution in [0.25, 0.3) is 0 Å². The number of hydrogen-bond acceptors (Lipinski definition) is 4. The quantitative estimate of drug-likeness (QED) is 0.599. The fourth-order valence-corrected chi connectivity index (χ4v) is 2.41. The Labute approximate surface area is 99.4 Å². The van der Waals surface area contributed by atoms with E-state index in [1.807, 2.05) is 44.2 Å². The number of nitrogens with zero attached hydrogens (tertiary/aromatic N) is 1. The average Bonchev–Trinajstić information content (AvgIpc) is 2.59. The van der Waals surface area contributed by atoms with Gasteiger partial charge in [-0.15, -0.1) is 0 Å². The van der Waals surface area contributed by atoms with Crippen molar-refractivity contribution in [3.63, 3.8) is 0 Å². The molecule has 0 aromatic heterocycles. The highest BCUT2D eigenvalue weighted by molar-refractivity contribution is 8.26. The fraction of sp³-hybridized carbons (Fsp3) is 0.333. The van der Waals surface area contributed by atoms with E-state index in [9.17, 15) is 0 Å². The highest BCUT2D eigenvalue weighted by atomic mass is 32.2. The highest BCUT2D eigenvalue weighted by Crippen LogP contribution is 2.28. The summed E-state index contributed by atoms with van der Waals surface area (Å²) in [6.45, 7) is 3.99. The van der Waals surface area contributed by atoms with E-state index in [1.54, 1.807) is 0 Å². The number of hydrogen-bond donors (Lipinski definition) is 1. The van der Waals surface area contributed by atoms with Crippen LogP contribution < -0.4 is 0 Å². The number of benzene rings is 1. The summed E-state index contributed by atoms with van der Waals surface area (Å²) < 4.78 is 0. The third-order valence-electron chi connectivity index (χ3n) is 2.23. The second kappa shape index (κ2) is 4.29. The summed E-state index contributed by atoms with van der Waals surface area (Å²) in [4.78, 5) is 5.26. The number of thioether (sulfide) groups is 1. The first kappa shape index (κ1) is 11.2. The molecule has 1 N–H and O–H groups in total. The molecule has 0 bridgehead atoms. The molecule has 16 heavy (non-hydrogen) atoms. The second-order valence-corrected chi connectivity index (χ2v) is 5.39. The molecule has 1 aliphatic heterocycles. The van der Waals surface area contributed by atoms with Crippen LogP contribution in [0.3, 0.4) is 0 Å². The minimum atomic E-state index is -0.223. The maximum absolute atomic E-state index is 7.95. The van der Waals surface area contributed by atoms with Gasteiger partial charge in [0.1, 0.15) is 15.7 Å². The Hall–Kier alpha value is -1.29. The molecule has 1 aromatic carbocycles. The summed E-state index contributed by atoms with van der Waals surface area (Å²) in [5.41, 5.74) is 0.694. The van der Waals surface area contributed by atoms with Gasteiger partial charge in [0, 0.05) is 12.0 Å². The van der Waals surface area contributed by atoms with E-state index in [0.717, 1.165) is 17.0 Å². The third kappa shape index (κ3) is 2.64. The monoisotopic (exact) mass is 234 g/mol. The predicted molar refractivity (Wildman–Crippen MR) is 68.1 cm³/mol. The normalized spacial score (nSPS) is 17.8. The lowest BCUT2D eigenvalue weighted by molar-refractivity contribution is 0.0123. The van der Waals surface area contributed by atoms with E-state index in [2.05, 4.69) is 5.16 Å². The van der Waals surface area contributed by atoms with Crippen molar-refractivity contribution < 1.29 is 4.84 Å². The number of rotatable bonds is 1. The van der Waals surface area contributed by atoms with Crippen molar-refractivity contribution in [1.29, 1.82) is 5.41 Å². The van der Waals surface area contributed by atoms with Gasteiger partial charge in [-0.25, -0.2) is 0 Å². The standard InChI is InChI=1S/C12H14N2OS/c1-12(2)8-10(14-15-12)16-11(13)9-6-4-3-5-7-9/h3-7,13H,8H2,1-2H3. The van der Waals surface area contributed by atoms with E-state index in [1.165, 1.54) is 11.8 Å². The molecule has 0 atom stereocenters. The summed E-state index contributed by atoms with van der Waals surface area (Å²) in [5, 5.41) is 13.3. The van der Waals surface area contributed by atoms with E-state index < -0.39 is 0 Å². The molecule has 1 heterocycles. The van der Waals surface area contributed by atoms with Gasteiger partial charge in [0.25, 0.3) is 0 Å². The lowest BCUT2D eigenvalue weighted by Gasteiger charge is -2.13. The summed E-state index contributed by atoms with van der Waals surface area (Å²) in [6, 6.07) is 9.66. The van der Waals surface area contributed by atoms with Crippen LogP contribution in [0.15, 0.2) is 35.5 Å². The van der Waals surface area contributed by atoms with Gasteiger partial charge in [-0.2, -0.15) is 0 Å². The van der Waals surface area contributed by atoms with Crippen molar-refractivity contribution in [2.45, 2.75) is 25.9 Å². The van der Waals surface area contributed by atoms with Crippen LogP contribution in [0.1, 0.15) is 25.8 Å². The Morgan fingerprint density at radius 3 is 2.62 bits per heavy atom. The van der Waals surface area contributed by atoms with Gasteiger partial charge in [-0.1, -0.05) is 47.2 Å². The largest absolute Gasteiger partial charge is 0.389 e. The molecule has 2 rings (SSSR count). The van der Waals surface area contributed by atoms with Crippen LogP contribution in [0.2, 0.25) is 0 Å². The molecule has 0 saturated carbocycles. The van der Waals surface area contributed by atoms with E-state index in [-0.39, 0.29) is 5.60 Å². The molecule has 0 unspecified atom stereocenters. The van der Waals surface area contributed by atoms with E-state index >= 15 is 0 Å². The van der Waals surface area contributed by atoms with Crippen molar-refractivity contribution in [2.24, 2.45) is 5.16 Å². The summed E-state index contributed by atoms with van der Waals surface area (Å²) in [7, 11) is 0. The van der Waals surface area contributed by atoms with Gasteiger partial charge >= 0.3 is 0 Å². The molecule has 84 valence electrons. The van der Waals surface area contributed by atoms with E-state index in [0.29, 0.717) is 5.04 Å². The maximum Gasteiger partial charge on any atom is 0.138 e. The van der Waals surface area contributed by atoms with Crippen molar-refractivity contribution in [3.05, 3.63) is 35.9 Å². The highest BCUT2D eigenvalue weighted by Gasteiger charge is 2.29. The Kier molecular flexibility index (Phi) is 3.01. The maximum atomic E-state index is 7.95. The Balaban J connectivity index is 2.00. The zero-order valence-electron chi connectivity index (χ0n) is 9.36. The van der Waals surface area contributed by atoms with Gasteiger partial charge in [-0.05, 0) is 13.8 Å². The molecular weight excluding hydrogens is 220 g/mol. The molecule has 0 saturated heterocycles. The molecule has 0 radical (unpaired) electrons. The average molecular weight is 234 g/mol. The molecule has 0 aliphatic carbocycles. The van der Waals surface area contributed by atoms with Crippen LogP contribution in [0, 0.1) is 5.41 Å². The second-order valence-electron chi connectivity index (χ2n) is 4.31. The zero-order valence-corrected chi connectivity index (χ0v) is 10.2. The van der Waals surface area contributed by atoms with Crippen molar-refractivity contribution in [2.75, 3.05) is 0 Å². The first-order valence-electron chi connectivity index (χ1n) is 5.14. The summed E-state index contributed by atoms with van der Waals surface area (Å²) in [6.07, 6.45) is 0.771. The van der Waals surface area contributed by atoms with Crippen LogP contribution >= 0.6 is 11.8 Å². The molecule has 0 amide bonds. The smallest absolute Gasteiger partial charge is 0.138 e. The SMILES string of the molecule is CC1(C)CC(SC(=N)c2ccccc2)=NO1. The lowest BCUT2D eigenvalue weighted by atomic mass is 10.1. The molecule has 1 aromatic rings. The molecule has 0 fully saturated rings. The molecule has 3 nitrogen and oxygen atoms in total. The summed E-state index contributed by atoms with van der Waals surface area (Å²) in [5.74, 6) is 0. The minimum Gasteiger partial charge on any atom is -0.389 e. The van der Waals surface area contributed by atoms with Gasteiger partial charge in [-0.3, -0.25) is 5.41 Å². The Bertz CT molecular complexity index is 426. The first-order valence-corrected chi connectivity index (χ1v) is 5.95. The minimum absolute atomic E-state index is 0.223. The Morgan fingerprint density at radius 2 is 2.06 bits per heavy atom. The van der Waals surface area contributed by atoms with Crippen LogP contribution in [0.4, 0.5) is 0 Å². The third-order valence-corrected chi connectivity index (χ3v) is 3.12. The zero-order chi connectivity index (χ0) is 11.6. The number of oxime groups is 1.